The molecule has 21 heteroatoms. The number of tetrazole rings is 1. The van der Waals surface area contributed by atoms with Crippen LogP contribution in [0.25, 0.3) is 0 Å². The van der Waals surface area contributed by atoms with Crippen molar-refractivity contribution in [3.05, 3.63) is 41.6 Å². The Morgan fingerprint density at radius 2 is 2.11 bits per heavy atom. The molecule has 0 radical (unpaired) electrons. The number of anilines is 2. The molecule has 232 valence electrons. The number of β-lactam (4-membered cyclic amide) rings is 1. The summed E-state index contributed by atoms with van der Waals surface area (Å²) in [6, 6.07) is -0.997. The number of furan rings is 1. The zero-order chi connectivity index (χ0) is 31.5. The van der Waals surface area contributed by atoms with Gasteiger partial charge in [-0.2, -0.15) is 4.98 Å². The number of primary amides is 1. The van der Waals surface area contributed by atoms with Gasteiger partial charge in [-0.3, -0.25) is 19.4 Å². The number of aromatic nitrogens is 6. The molecule has 0 aliphatic carbocycles. The van der Waals surface area contributed by atoms with Crippen LogP contribution in [0.3, 0.4) is 0 Å². The smallest absolute Gasteiger partial charge is 0.543 e. The van der Waals surface area contributed by atoms with Crippen LogP contribution in [-0.4, -0.2) is 100 Å². The molecular weight excluding hydrogens is 641 g/mol. The number of aromatic amines is 1. The predicted molar refractivity (Wildman–Crippen MR) is 153 cm³/mol. The number of carbonyl (C=O) groups excluding carboxylic acids is 4. The van der Waals surface area contributed by atoms with Crippen molar-refractivity contribution in [1.29, 1.82) is 0 Å². The molecule has 0 aromatic carbocycles. The number of carboxylic acids is 1. The van der Waals surface area contributed by atoms with E-state index in [0.717, 1.165) is 27.8 Å². The van der Waals surface area contributed by atoms with Crippen molar-refractivity contribution in [2.24, 2.45) is 5.73 Å². The molecule has 2 unspecified atom stereocenters. The van der Waals surface area contributed by atoms with Gasteiger partial charge in [-0.25, -0.2) is 14.9 Å². The van der Waals surface area contributed by atoms with Crippen LogP contribution in [0.5, 0.6) is 5.88 Å². The number of nitrogens with two attached hydrogens (primary N) is 1. The van der Waals surface area contributed by atoms with Crippen LogP contribution in [0.1, 0.15) is 25.6 Å². The maximum atomic E-state index is 13.8. The third-order valence-electron chi connectivity index (χ3n) is 6.85. The van der Waals surface area contributed by atoms with Crippen molar-refractivity contribution in [2.75, 3.05) is 34.4 Å². The molecule has 2 aliphatic heterocycles. The molecule has 1 fully saturated rings. The van der Waals surface area contributed by atoms with Crippen LogP contribution in [0.2, 0.25) is 0 Å². The molecule has 3 aromatic heterocycles. The van der Waals surface area contributed by atoms with E-state index in [2.05, 4.69) is 35.9 Å². The van der Waals surface area contributed by atoms with Gasteiger partial charge in [-0.05, 0) is 42.0 Å². The molecule has 1 saturated heterocycles. The van der Waals surface area contributed by atoms with Gasteiger partial charge in [0.1, 0.15) is 22.9 Å². The minimum absolute atomic E-state index is 0. The van der Waals surface area contributed by atoms with E-state index in [9.17, 15) is 29.4 Å². The summed E-state index contributed by atoms with van der Waals surface area (Å²) in [6.07, 6.45) is 2.43. The molecule has 2 aliphatic rings. The molecule has 5 heterocycles. The van der Waals surface area contributed by atoms with Crippen molar-refractivity contribution in [2.45, 2.75) is 36.5 Å². The molecule has 3 aromatic rings. The molecule has 0 bridgehead atoms. The summed E-state index contributed by atoms with van der Waals surface area (Å²) >= 11 is 2.39. The van der Waals surface area contributed by atoms with Gasteiger partial charge < -0.3 is 35.4 Å². The number of urea groups is 1. The quantitative estimate of drug-likeness (QED) is 0.0815. The van der Waals surface area contributed by atoms with E-state index >= 15 is 0 Å². The number of nitrogens with zero attached hydrogens (tertiary/aromatic N) is 8. The molecule has 5 N–H and O–H groups in total. The van der Waals surface area contributed by atoms with Crippen molar-refractivity contribution < 1.29 is 63.4 Å². The van der Waals surface area contributed by atoms with Crippen LogP contribution >= 0.6 is 23.5 Å². The average Bonchev–Trinajstić information content (AvgIpc) is 3.73. The number of aromatic hydroxyl groups is 1. The second kappa shape index (κ2) is 14.5. The van der Waals surface area contributed by atoms with E-state index < -0.39 is 47.2 Å². The molecule has 0 saturated carbocycles. The number of amides is 4. The first-order valence-corrected chi connectivity index (χ1v) is 15.2. The predicted octanol–water partition coefficient (Wildman–Crippen LogP) is -4.04. The SMILES string of the molecule is CCN(CC)c1ncc(N(C(N)=O)C(C(=O)NC2C(=O)N3C(C(=O)[O-])=C(CSc4nnn[nH]4)CS[C@H]23)c2ccco2)c(O)n1.[Na+]. The third kappa shape index (κ3) is 6.73. The van der Waals surface area contributed by atoms with Crippen molar-refractivity contribution >= 4 is 59.0 Å². The number of rotatable bonds is 12. The summed E-state index contributed by atoms with van der Waals surface area (Å²) in [5.41, 5.74) is 5.54. The number of aliphatic carboxylic acids is 1. The van der Waals surface area contributed by atoms with E-state index in [-0.39, 0.29) is 64.2 Å². The number of nitrogens with one attached hydrogen (secondary N) is 2. The zero-order valence-electron chi connectivity index (χ0n) is 24.2. The van der Waals surface area contributed by atoms with Crippen LogP contribution in [0, 0.1) is 0 Å². The molecule has 0 spiro atoms. The Balaban J connectivity index is 0.00000461. The molecule has 18 nitrogen and oxygen atoms in total. The number of thioether (sulfide) groups is 2. The van der Waals surface area contributed by atoms with Crippen molar-refractivity contribution in [1.82, 2.24) is 40.8 Å². The second-order valence-corrected chi connectivity index (χ2v) is 11.4. The van der Waals surface area contributed by atoms with E-state index in [1.54, 1.807) is 4.90 Å². The third-order valence-corrected chi connectivity index (χ3v) is 9.13. The number of carbonyl (C=O) groups is 4. The number of hydrogen-bond donors (Lipinski definition) is 4. The Hall–Kier alpha value is -3.85. The minimum atomic E-state index is -1.59. The van der Waals surface area contributed by atoms with Gasteiger partial charge in [0.15, 0.2) is 6.04 Å². The second-order valence-electron chi connectivity index (χ2n) is 9.31. The Bertz CT molecular complexity index is 1590. The molecule has 45 heavy (non-hydrogen) atoms. The van der Waals surface area contributed by atoms with E-state index in [4.69, 9.17) is 10.2 Å². The number of H-pyrrole nitrogens is 1. The summed E-state index contributed by atoms with van der Waals surface area (Å²) in [5.74, 6) is -3.19. The Morgan fingerprint density at radius 3 is 2.69 bits per heavy atom. The van der Waals surface area contributed by atoms with Gasteiger partial charge >= 0.3 is 35.6 Å². The van der Waals surface area contributed by atoms with Gasteiger partial charge in [-0.15, -0.1) is 16.9 Å². The number of hydrogen-bond acceptors (Lipinski definition) is 15. The molecule has 5 rings (SSSR count). The van der Waals surface area contributed by atoms with Crippen molar-refractivity contribution in [3.8, 4) is 5.88 Å². The maximum absolute atomic E-state index is 13.8. The molecule has 4 amide bonds. The summed E-state index contributed by atoms with van der Waals surface area (Å²) in [6.45, 7) is 4.85. The van der Waals surface area contributed by atoms with Gasteiger partial charge in [0.2, 0.25) is 17.0 Å². The fourth-order valence-corrected chi connectivity index (χ4v) is 7.00. The number of fused-ring (bicyclic) bond motifs is 1. The molecular formula is C24H26N11NaO7S2. The average molecular weight is 668 g/mol. The van der Waals surface area contributed by atoms with Gasteiger partial charge in [0.05, 0.1) is 24.1 Å². The Labute approximate surface area is 285 Å². The first-order chi connectivity index (χ1) is 21.2. The topological polar surface area (TPSA) is 253 Å². The van der Waals surface area contributed by atoms with Crippen LogP contribution in [0.15, 0.2) is 45.4 Å². The fraction of sp³-hybridized carbons (Fsp3) is 0.375. The monoisotopic (exact) mass is 667 g/mol. The zero-order valence-corrected chi connectivity index (χ0v) is 27.9. The fourth-order valence-electron chi connectivity index (χ4n) is 4.77. The van der Waals surface area contributed by atoms with Crippen LogP contribution in [-0.2, 0) is 14.4 Å². The summed E-state index contributed by atoms with van der Waals surface area (Å²) in [4.78, 5) is 63.7. The Morgan fingerprint density at radius 1 is 1.36 bits per heavy atom. The van der Waals surface area contributed by atoms with Crippen molar-refractivity contribution in [3.63, 3.8) is 0 Å². The summed E-state index contributed by atoms with van der Waals surface area (Å²) in [5, 5.41) is 38.3. The van der Waals surface area contributed by atoms with E-state index in [0.29, 0.717) is 23.8 Å². The molecule has 3 atom stereocenters. The minimum Gasteiger partial charge on any atom is -0.543 e. The van der Waals surface area contributed by atoms with E-state index in [1.165, 1.54) is 30.2 Å². The first kappa shape index (κ1) is 34.0. The largest absolute Gasteiger partial charge is 1.00 e. The van der Waals surface area contributed by atoms with Crippen LogP contribution < -0.4 is 55.5 Å². The van der Waals surface area contributed by atoms with Gasteiger partial charge in [0, 0.05) is 24.6 Å². The maximum Gasteiger partial charge on any atom is 1.00 e. The van der Waals surface area contributed by atoms with Crippen LogP contribution in [0.4, 0.5) is 16.4 Å². The Kier molecular flexibility index (Phi) is 11.0. The van der Waals surface area contributed by atoms with E-state index in [1.807, 2.05) is 13.8 Å². The first-order valence-electron chi connectivity index (χ1n) is 13.1. The van der Waals surface area contributed by atoms with Gasteiger partial charge in [0.25, 0.3) is 11.8 Å². The van der Waals surface area contributed by atoms with Gasteiger partial charge in [-0.1, -0.05) is 11.8 Å². The summed E-state index contributed by atoms with van der Waals surface area (Å²) in [7, 11) is 0. The summed E-state index contributed by atoms with van der Waals surface area (Å²) < 4.78 is 5.44. The number of carboxylic acid groups (broad SMARTS) is 1. The standard InChI is InChI=1S/C24H27N11O7S2.Na/c1-3-33(4-2)23-26-8-12(17(36)28-23)34(22(25)41)16(13-6-5-7-42-13)18(37)27-14-19(38)35-15(21(39)40)11(9-43-20(14)35)10-44-24-29-31-32-30-24;/h5-8,14,16,20H,3-4,9-10H2,1-2H3,(H2,25,41)(H,27,37)(H,39,40)(H,26,28,36)(H,29,30,31,32);/q;+1/p-1/t14?,16?,20-;/m1./s1. The normalized spacial score (nSPS) is 17.9.